The summed E-state index contributed by atoms with van der Waals surface area (Å²) < 4.78 is 11.6. The molecule has 4 heteroatoms. The number of benzene rings is 1. The number of methoxy groups -OCH3 is 1. The van der Waals surface area contributed by atoms with Crippen molar-refractivity contribution < 1.29 is 9.47 Å². The molecule has 21 heavy (non-hydrogen) atoms. The molecular weight excluding hydrogens is 330 g/mol. The van der Waals surface area contributed by atoms with E-state index in [0.717, 1.165) is 22.6 Å². The average molecular weight is 356 g/mol. The lowest BCUT2D eigenvalue weighted by atomic mass is 9.83. The van der Waals surface area contributed by atoms with Gasteiger partial charge < -0.3 is 15.2 Å². The van der Waals surface area contributed by atoms with Crippen LogP contribution in [0.2, 0.25) is 0 Å². The van der Waals surface area contributed by atoms with Gasteiger partial charge in [-0.25, -0.2) is 0 Å². The largest absolute Gasteiger partial charge is 0.490 e. The van der Waals surface area contributed by atoms with Gasteiger partial charge in [-0.2, -0.15) is 0 Å². The molecule has 1 atom stereocenters. The predicted molar refractivity (Wildman–Crippen MR) is 89.6 cm³/mol. The number of halogens is 1. The van der Waals surface area contributed by atoms with E-state index in [4.69, 9.17) is 15.2 Å². The highest BCUT2D eigenvalue weighted by Gasteiger charge is 2.18. The number of nitrogens with two attached hydrogens (primary N) is 1. The molecule has 1 fully saturated rings. The number of hydrogen-bond acceptors (Lipinski definition) is 3. The number of hydrogen-bond donors (Lipinski definition) is 1. The third-order valence-electron chi connectivity index (χ3n) is 4.24. The Bertz CT molecular complexity index is 433. The van der Waals surface area contributed by atoms with Crippen molar-refractivity contribution in [3.8, 4) is 5.75 Å². The lowest BCUT2D eigenvalue weighted by Gasteiger charge is -2.25. The molecule has 1 aromatic rings. The lowest BCUT2D eigenvalue weighted by Crippen LogP contribution is -2.17. The lowest BCUT2D eigenvalue weighted by molar-refractivity contribution is 0.146. The van der Waals surface area contributed by atoms with E-state index in [0.29, 0.717) is 13.2 Å². The zero-order valence-electron chi connectivity index (χ0n) is 12.8. The van der Waals surface area contributed by atoms with Crippen molar-refractivity contribution in [3.63, 3.8) is 0 Å². The van der Waals surface area contributed by atoms with Crippen molar-refractivity contribution in [1.29, 1.82) is 0 Å². The summed E-state index contributed by atoms with van der Waals surface area (Å²) in [7, 11) is 1.67. The van der Waals surface area contributed by atoms with Crippen molar-refractivity contribution in [2.45, 2.75) is 44.6 Å². The van der Waals surface area contributed by atoms with Crippen LogP contribution in [0.25, 0.3) is 0 Å². The van der Waals surface area contributed by atoms with Crippen LogP contribution >= 0.6 is 15.9 Å². The second-order valence-electron chi connectivity index (χ2n) is 5.88. The molecule has 0 bridgehead atoms. The molecule has 2 rings (SSSR count). The fourth-order valence-corrected chi connectivity index (χ4v) is 3.53. The molecule has 1 aliphatic rings. The summed E-state index contributed by atoms with van der Waals surface area (Å²) >= 11 is 3.57. The van der Waals surface area contributed by atoms with Crippen LogP contribution in [0.3, 0.4) is 0 Å². The summed E-state index contributed by atoms with van der Waals surface area (Å²) in [5, 5.41) is 0. The van der Waals surface area contributed by atoms with Gasteiger partial charge in [0.15, 0.2) is 0 Å². The standard InChI is InChI=1S/C17H26BrNO2/c1-20-9-10-21-17-8-7-14(12-15(17)18)16(19)11-13-5-3-2-4-6-13/h7-8,12-13,16H,2-6,9-11,19H2,1H3. The highest BCUT2D eigenvalue weighted by Crippen LogP contribution is 2.33. The third kappa shape index (κ3) is 5.28. The molecule has 0 spiro atoms. The molecule has 1 aromatic carbocycles. The van der Waals surface area contributed by atoms with Gasteiger partial charge >= 0.3 is 0 Å². The first-order chi connectivity index (χ1) is 10.2. The predicted octanol–water partition coefficient (Wildman–Crippen LogP) is 4.44. The molecular formula is C17H26BrNO2. The number of rotatable bonds is 7. The topological polar surface area (TPSA) is 44.5 Å². The van der Waals surface area contributed by atoms with E-state index in [-0.39, 0.29) is 6.04 Å². The SMILES string of the molecule is COCCOc1ccc(C(N)CC2CCCCC2)cc1Br. The highest BCUT2D eigenvalue weighted by molar-refractivity contribution is 9.10. The van der Waals surface area contributed by atoms with Gasteiger partial charge in [0.2, 0.25) is 0 Å². The van der Waals surface area contributed by atoms with E-state index in [1.165, 1.54) is 37.7 Å². The Balaban J connectivity index is 1.91. The van der Waals surface area contributed by atoms with E-state index < -0.39 is 0 Å². The molecule has 1 saturated carbocycles. The highest BCUT2D eigenvalue weighted by atomic mass is 79.9. The van der Waals surface area contributed by atoms with Crippen LogP contribution in [-0.2, 0) is 4.74 Å². The van der Waals surface area contributed by atoms with Gasteiger partial charge in [-0.3, -0.25) is 0 Å². The number of ether oxygens (including phenoxy) is 2. The van der Waals surface area contributed by atoms with Gasteiger partial charge in [0.25, 0.3) is 0 Å². The van der Waals surface area contributed by atoms with E-state index in [1.54, 1.807) is 7.11 Å². The van der Waals surface area contributed by atoms with Gasteiger partial charge in [0.1, 0.15) is 12.4 Å². The first-order valence-corrected chi connectivity index (χ1v) is 8.66. The maximum absolute atomic E-state index is 6.38. The first kappa shape index (κ1) is 16.8. The minimum atomic E-state index is 0.123. The van der Waals surface area contributed by atoms with E-state index >= 15 is 0 Å². The van der Waals surface area contributed by atoms with Crippen molar-refractivity contribution >= 4 is 15.9 Å². The molecule has 2 N–H and O–H groups in total. The van der Waals surface area contributed by atoms with E-state index in [2.05, 4.69) is 28.1 Å². The van der Waals surface area contributed by atoms with Crippen molar-refractivity contribution in [3.05, 3.63) is 28.2 Å². The average Bonchev–Trinajstić information content (AvgIpc) is 2.50. The van der Waals surface area contributed by atoms with Gasteiger partial charge in [-0.1, -0.05) is 38.2 Å². The smallest absolute Gasteiger partial charge is 0.133 e. The summed E-state index contributed by atoms with van der Waals surface area (Å²) in [5.74, 6) is 1.64. The first-order valence-electron chi connectivity index (χ1n) is 7.87. The maximum atomic E-state index is 6.38. The fourth-order valence-electron chi connectivity index (χ4n) is 3.02. The second kappa shape index (κ2) is 8.76. The van der Waals surface area contributed by atoms with Crippen molar-refractivity contribution in [2.24, 2.45) is 11.7 Å². The Labute approximate surface area is 136 Å². The van der Waals surface area contributed by atoms with E-state index in [1.807, 2.05) is 6.07 Å². The van der Waals surface area contributed by atoms with Crippen LogP contribution in [0.15, 0.2) is 22.7 Å². The van der Waals surface area contributed by atoms with Crippen LogP contribution in [0, 0.1) is 5.92 Å². The van der Waals surface area contributed by atoms with E-state index in [9.17, 15) is 0 Å². The van der Waals surface area contributed by atoms with Crippen LogP contribution in [0.1, 0.15) is 50.1 Å². The molecule has 0 aliphatic heterocycles. The monoisotopic (exact) mass is 355 g/mol. The maximum Gasteiger partial charge on any atom is 0.133 e. The van der Waals surface area contributed by atoms with Gasteiger partial charge in [0, 0.05) is 13.2 Å². The summed E-state index contributed by atoms with van der Waals surface area (Å²) in [6.45, 7) is 1.15. The van der Waals surface area contributed by atoms with Crippen LogP contribution in [0.4, 0.5) is 0 Å². The third-order valence-corrected chi connectivity index (χ3v) is 4.86. The molecule has 0 saturated heterocycles. The van der Waals surface area contributed by atoms with Crippen LogP contribution < -0.4 is 10.5 Å². The molecule has 0 amide bonds. The summed E-state index contributed by atoms with van der Waals surface area (Å²) in [4.78, 5) is 0. The molecule has 0 heterocycles. The van der Waals surface area contributed by atoms with Crippen molar-refractivity contribution in [2.75, 3.05) is 20.3 Å². The molecule has 118 valence electrons. The summed E-state index contributed by atoms with van der Waals surface area (Å²) in [6, 6.07) is 6.30. The Hall–Kier alpha value is -0.580. The Morgan fingerprint density at radius 2 is 2.00 bits per heavy atom. The van der Waals surface area contributed by atoms with Gasteiger partial charge in [-0.15, -0.1) is 0 Å². The minimum absolute atomic E-state index is 0.123. The molecule has 0 aromatic heterocycles. The summed E-state index contributed by atoms with van der Waals surface area (Å²) in [6.07, 6.45) is 7.90. The fraction of sp³-hybridized carbons (Fsp3) is 0.647. The zero-order chi connectivity index (χ0) is 15.1. The van der Waals surface area contributed by atoms with Crippen molar-refractivity contribution in [1.82, 2.24) is 0 Å². The Morgan fingerprint density at radius 3 is 2.67 bits per heavy atom. The van der Waals surface area contributed by atoms with Crippen LogP contribution in [-0.4, -0.2) is 20.3 Å². The summed E-state index contributed by atoms with van der Waals surface area (Å²) in [5.41, 5.74) is 7.57. The Kier molecular flexibility index (Phi) is 7.00. The van der Waals surface area contributed by atoms with Crippen LogP contribution in [0.5, 0.6) is 5.75 Å². The normalized spacial score (nSPS) is 17.7. The molecule has 3 nitrogen and oxygen atoms in total. The van der Waals surface area contributed by atoms with Gasteiger partial charge in [-0.05, 0) is 46.0 Å². The van der Waals surface area contributed by atoms with Gasteiger partial charge in [0.05, 0.1) is 11.1 Å². The second-order valence-corrected chi connectivity index (χ2v) is 6.73. The molecule has 0 radical (unpaired) electrons. The Morgan fingerprint density at radius 1 is 1.24 bits per heavy atom. The molecule has 1 aliphatic carbocycles. The zero-order valence-corrected chi connectivity index (χ0v) is 14.4. The minimum Gasteiger partial charge on any atom is -0.490 e. The molecule has 1 unspecified atom stereocenters. The quantitative estimate of drug-likeness (QED) is 0.735.